The van der Waals surface area contributed by atoms with Gasteiger partial charge in [-0.15, -0.1) is 5.10 Å². The number of hydrogen-bond donors (Lipinski definition) is 3. The van der Waals surface area contributed by atoms with E-state index in [1.54, 1.807) is 4.80 Å². The molecule has 10 nitrogen and oxygen atoms in total. The van der Waals surface area contributed by atoms with Crippen LogP contribution in [-0.4, -0.2) is 69.8 Å². The minimum atomic E-state index is -0.627. The number of anilines is 1. The molecule has 1 aromatic rings. The van der Waals surface area contributed by atoms with Crippen LogP contribution in [0.4, 0.5) is 5.95 Å². The molecule has 1 aliphatic heterocycles. The first-order chi connectivity index (χ1) is 22.3. The highest BCUT2D eigenvalue weighted by Crippen LogP contribution is 2.75. The molecule has 270 valence electrons. The van der Waals surface area contributed by atoms with E-state index in [1.165, 1.54) is 5.57 Å². The van der Waals surface area contributed by atoms with Gasteiger partial charge in [0, 0.05) is 16.4 Å². The van der Waals surface area contributed by atoms with E-state index < -0.39 is 11.9 Å². The Labute approximate surface area is 288 Å². The summed E-state index contributed by atoms with van der Waals surface area (Å²) in [7, 11) is 2.01. The van der Waals surface area contributed by atoms with E-state index in [0.717, 1.165) is 38.5 Å². The molecule has 0 unspecified atom stereocenters. The number of carboxylic acids is 1. The fourth-order valence-electron chi connectivity index (χ4n) is 12.3. The SMILES string of the molecule is CN[C@@](C)(CO[C@H]1[C@H](n2nnc(N)n2)C[C@@]23COC[C@]1(C)[C@@H]2CC[C@H]1C3=CC[C@@]2(C)[C@H](C(=O)O)[C@@](C)([C@H](C)C(C)C)CC[C@]12C)C(C)C. The lowest BCUT2D eigenvalue weighted by molar-refractivity contribution is -0.254. The Kier molecular flexibility index (Phi) is 8.76. The monoisotopic (exact) mass is 668 g/mol. The Hall–Kier alpha value is -2.04. The summed E-state index contributed by atoms with van der Waals surface area (Å²) in [5.74, 6) is 0.886. The molecule has 0 spiro atoms. The van der Waals surface area contributed by atoms with Crippen molar-refractivity contribution < 1.29 is 19.4 Å². The van der Waals surface area contributed by atoms with Crippen molar-refractivity contribution in [1.29, 1.82) is 0 Å². The van der Waals surface area contributed by atoms with Gasteiger partial charge in [0.1, 0.15) is 6.04 Å². The smallest absolute Gasteiger partial charge is 0.307 e. The molecule has 4 N–H and O–H groups in total. The average Bonchev–Trinajstić information content (AvgIpc) is 3.45. The zero-order chi connectivity index (χ0) is 35.2. The second-order valence-corrected chi connectivity index (χ2v) is 18.6. The molecule has 48 heavy (non-hydrogen) atoms. The van der Waals surface area contributed by atoms with Crippen molar-refractivity contribution in [1.82, 2.24) is 25.5 Å². The molecule has 2 heterocycles. The zero-order valence-corrected chi connectivity index (χ0v) is 31.6. The van der Waals surface area contributed by atoms with Crippen molar-refractivity contribution in [2.24, 2.45) is 62.6 Å². The number of nitrogen functional groups attached to an aromatic ring is 1. The molecule has 4 fully saturated rings. The fraction of sp³-hybridized carbons (Fsp3) is 0.895. The van der Waals surface area contributed by atoms with E-state index in [1.807, 2.05) is 7.05 Å². The molecule has 0 radical (unpaired) electrons. The van der Waals surface area contributed by atoms with Crippen LogP contribution in [0.1, 0.15) is 114 Å². The highest BCUT2D eigenvalue weighted by Gasteiger charge is 2.72. The Morgan fingerprint density at radius 1 is 1.15 bits per heavy atom. The standard InChI is InChI=1S/C38H64N6O4/c1-22(2)24(5)33(6)16-17-35(8)25-12-13-28-34(7)19-47-21-38(28,26(25)14-15-36(35,9)29(33)31(45)46)18-27(44-42-32(39)41-43-44)30(34)48-20-37(10,40-11)23(3)4/h14,22-25,27-30,40H,12-13,15-21H2,1-11H3,(H2,39,42)(H,45,46)/t24-,25+,27-,28+,29-,30+,33-,34-,35-,36+,37+,38+/m1/s1. The van der Waals surface area contributed by atoms with Crippen LogP contribution in [0, 0.1) is 62.6 Å². The molecule has 0 aromatic carbocycles. The number of allylic oxidation sites excluding steroid dienone is 1. The lowest BCUT2D eigenvalue weighted by atomic mass is 9.34. The number of rotatable bonds is 9. The van der Waals surface area contributed by atoms with Crippen LogP contribution in [0.15, 0.2) is 11.6 Å². The summed E-state index contributed by atoms with van der Waals surface area (Å²) < 4.78 is 13.8. The van der Waals surface area contributed by atoms with Gasteiger partial charge in [-0.2, -0.15) is 4.80 Å². The van der Waals surface area contributed by atoms with Crippen LogP contribution in [0.3, 0.4) is 0 Å². The predicted molar refractivity (Wildman–Crippen MR) is 187 cm³/mol. The van der Waals surface area contributed by atoms with Crippen LogP contribution < -0.4 is 11.1 Å². The number of nitrogens with one attached hydrogen (secondary N) is 1. The Balaban J connectivity index is 1.44. The number of aromatic nitrogens is 4. The summed E-state index contributed by atoms with van der Waals surface area (Å²) in [5, 5.41) is 27.8. The summed E-state index contributed by atoms with van der Waals surface area (Å²) in [6, 6.07) is -0.165. The molecule has 2 bridgehead atoms. The maximum Gasteiger partial charge on any atom is 0.307 e. The lowest BCUT2D eigenvalue weighted by Gasteiger charge is -2.71. The Morgan fingerprint density at radius 2 is 1.85 bits per heavy atom. The van der Waals surface area contributed by atoms with Gasteiger partial charge in [0.15, 0.2) is 0 Å². The minimum Gasteiger partial charge on any atom is -0.481 e. The second kappa shape index (κ2) is 11.8. The van der Waals surface area contributed by atoms with Crippen molar-refractivity contribution >= 4 is 11.9 Å². The van der Waals surface area contributed by atoms with E-state index in [9.17, 15) is 9.90 Å². The van der Waals surface area contributed by atoms with Gasteiger partial charge >= 0.3 is 5.97 Å². The number of nitrogens with zero attached hydrogens (tertiary/aromatic N) is 4. The fourth-order valence-corrected chi connectivity index (χ4v) is 12.3. The largest absolute Gasteiger partial charge is 0.481 e. The number of carboxylic acid groups (broad SMARTS) is 1. The van der Waals surface area contributed by atoms with E-state index in [0.29, 0.717) is 49.4 Å². The maximum atomic E-state index is 13.4. The molecule has 4 aliphatic carbocycles. The Morgan fingerprint density at radius 3 is 2.44 bits per heavy atom. The molecule has 10 heteroatoms. The third-order valence-corrected chi connectivity index (χ3v) is 16.2. The molecular formula is C38H64N6O4. The highest BCUT2D eigenvalue weighted by atomic mass is 16.5. The third-order valence-electron chi connectivity index (χ3n) is 16.2. The van der Waals surface area contributed by atoms with Gasteiger partial charge in [-0.25, -0.2) is 0 Å². The molecule has 12 atom stereocenters. The summed E-state index contributed by atoms with van der Waals surface area (Å²) in [4.78, 5) is 15.2. The van der Waals surface area contributed by atoms with Crippen LogP contribution in [0.25, 0.3) is 0 Å². The number of aliphatic carboxylic acids is 1. The molecule has 3 saturated carbocycles. The van der Waals surface area contributed by atoms with Crippen LogP contribution in [-0.2, 0) is 14.3 Å². The highest BCUT2D eigenvalue weighted by molar-refractivity contribution is 5.73. The van der Waals surface area contributed by atoms with Crippen LogP contribution in [0.2, 0.25) is 0 Å². The second-order valence-electron chi connectivity index (χ2n) is 18.6. The van der Waals surface area contributed by atoms with E-state index in [4.69, 9.17) is 15.2 Å². The predicted octanol–water partition coefficient (Wildman–Crippen LogP) is 6.40. The summed E-state index contributed by atoms with van der Waals surface area (Å²) in [5.41, 5.74) is 6.10. The number of ether oxygens (including phenoxy) is 2. The average molecular weight is 669 g/mol. The number of nitrogens with two attached hydrogens (primary N) is 1. The van der Waals surface area contributed by atoms with Crippen molar-refractivity contribution in [2.75, 3.05) is 32.6 Å². The molecule has 1 aromatic heterocycles. The lowest BCUT2D eigenvalue weighted by Crippen LogP contribution is -2.69. The number of tetrazole rings is 1. The van der Waals surface area contributed by atoms with Crippen molar-refractivity contribution in [3.63, 3.8) is 0 Å². The maximum absolute atomic E-state index is 13.4. The first-order valence-corrected chi connectivity index (χ1v) is 18.7. The Bertz CT molecular complexity index is 1430. The zero-order valence-electron chi connectivity index (χ0n) is 31.6. The quantitative estimate of drug-likeness (QED) is 0.255. The van der Waals surface area contributed by atoms with Gasteiger partial charge in [-0.05, 0) is 104 Å². The van der Waals surface area contributed by atoms with E-state index >= 15 is 0 Å². The summed E-state index contributed by atoms with van der Waals surface area (Å²) in [6.45, 7) is 24.7. The van der Waals surface area contributed by atoms with Crippen LogP contribution in [0.5, 0.6) is 0 Å². The molecule has 5 aliphatic rings. The van der Waals surface area contributed by atoms with Crippen molar-refractivity contribution in [3.05, 3.63) is 11.6 Å². The van der Waals surface area contributed by atoms with Gasteiger partial charge in [-0.1, -0.05) is 79.1 Å². The minimum absolute atomic E-state index is 0.144. The number of carbonyl (C=O) groups is 1. The number of hydrogen-bond acceptors (Lipinski definition) is 8. The van der Waals surface area contributed by atoms with Gasteiger partial charge in [0.05, 0.1) is 31.8 Å². The van der Waals surface area contributed by atoms with Gasteiger partial charge < -0.3 is 25.6 Å². The number of likely N-dealkylation sites (N-methyl/N-ethyl adjacent to an activating group) is 1. The van der Waals surface area contributed by atoms with Gasteiger partial charge in [0.25, 0.3) is 5.95 Å². The molecular weight excluding hydrogens is 604 g/mol. The normalized spacial score (nSPS) is 44.3. The summed E-state index contributed by atoms with van der Waals surface area (Å²) >= 11 is 0. The van der Waals surface area contributed by atoms with Crippen LogP contribution >= 0.6 is 0 Å². The summed E-state index contributed by atoms with van der Waals surface area (Å²) in [6.07, 6.45) is 7.96. The van der Waals surface area contributed by atoms with Crippen molar-refractivity contribution in [3.8, 4) is 0 Å². The van der Waals surface area contributed by atoms with Gasteiger partial charge in [-0.3, -0.25) is 4.79 Å². The molecule has 1 saturated heterocycles. The van der Waals surface area contributed by atoms with Crippen molar-refractivity contribution in [2.45, 2.75) is 125 Å². The number of fused-ring (bicyclic) bond motifs is 3. The van der Waals surface area contributed by atoms with Gasteiger partial charge in [0.2, 0.25) is 0 Å². The van der Waals surface area contributed by atoms with E-state index in [2.05, 4.69) is 96.0 Å². The third kappa shape index (κ3) is 4.80. The topological polar surface area (TPSA) is 137 Å². The molecule has 0 amide bonds. The molecule has 6 rings (SSSR count). The first kappa shape index (κ1) is 35.8. The van der Waals surface area contributed by atoms with E-state index in [-0.39, 0.29) is 50.7 Å². The first-order valence-electron chi connectivity index (χ1n) is 18.7.